The first-order valence-electron chi connectivity index (χ1n) is 5.76. The van der Waals surface area contributed by atoms with Crippen molar-refractivity contribution < 1.29 is 14.6 Å². The summed E-state index contributed by atoms with van der Waals surface area (Å²) in [6.07, 6.45) is 0.125. The topological polar surface area (TPSA) is 70.6 Å². The van der Waals surface area contributed by atoms with Gasteiger partial charge < -0.3 is 20.5 Å². The summed E-state index contributed by atoms with van der Waals surface area (Å²) < 4.78 is 5.26. The van der Waals surface area contributed by atoms with Crippen LogP contribution in [0.1, 0.15) is 20.3 Å². The average Bonchev–Trinajstić information content (AvgIpc) is 2.65. The van der Waals surface area contributed by atoms with Gasteiger partial charge in [0.1, 0.15) is 0 Å². The van der Waals surface area contributed by atoms with E-state index in [9.17, 15) is 9.90 Å². The Morgan fingerprint density at radius 1 is 1.59 bits per heavy atom. The van der Waals surface area contributed by atoms with Gasteiger partial charge in [-0.2, -0.15) is 0 Å². The molecule has 0 aromatic rings. The Morgan fingerprint density at radius 2 is 2.24 bits per heavy atom. The van der Waals surface area contributed by atoms with Crippen LogP contribution in [-0.4, -0.2) is 49.5 Å². The van der Waals surface area contributed by atoms with Crippen molar-refractivity contribution in [2.45, 2.75) is 38.5 Å². The largest absolute Gasteiger partial charge is 0.392 e. The van der Waals surface area contributed by atoms with Gasteiger partial charge in [0, 0.05) is 20.2 Å². The fraction of sp³-hybridized carbons (Fsp3) is 0.909. The van der Waals surface area contributed by atoms with Crippen molar-refractivity contribution in [2.24, 2.45) is 5.92 Å². The molecule has 0 aromatic heterocycles. The maximum absolute atomic E-state index is 11.7. The van der Waals surface area contributed by atoms with Gasteiger partial charge in [0.15, 0.2) is 0 Å². The van der Waals surface area contributed by atoms with Crippen LogP contribution in [0.5, 0.6) is 0 Å². The Balaban J connectivity index is 0.00000256. The van der Waals surface area contributed by atoms with E-state index in [-0.39, 0.29) is 30.5 Å². The number of carbonyl (C=O) groups excluding carboxylic acids is 1. The fourth-order valence-electron chi connectivity index (χ4n) is 1.83. The van der Waals surface area contributed by atoms with Crippen LogP contribution in [0.2, 0.25) is 0 Å². The first-order chi connectivity index (χ1) is 7.54. The Labute approximate surface area is 109 Å². The van der Waals surface area contributed by atoms with Crippen molar-refractivity contribution in [3.05, 3.63) is 0 Å². The second kappa shape index (κ2) is 7.87. The van der Waals surface area contributed by atoms with Gasteiger partial charge in [0.05, 0.1) is 18.2 Å². The average molecular weight is 267 g/mol. The summed E-state index contributed by atoms with van der Waals surface area (Å²) in [5.74, 6) is 0.312. The molecule has 0 aromatic carbocycles. The van der Waals surface area contributed by atoms with E-state index in [2.05, 4.69) is 24.5 Å². The number of ether oxygens (including phenoxy) is 1. The molecular weight excluding hydrogens is 244 g/mol. The van der Waals surface area contributed by atoms with Gasteiger partial charge in [-0.25, -0.2) is 0 Å². The molecule has 0 radical (unpaired) electrons. The number of hydrogen-bond acceptors (Lipinski definition) is 4. The van der Waals surface area contributed by atoms with Crippen molar-refractivity contribution in [1.82, 2.24) is 10.6 Å². The highest BCUT2D eigenvalue weighted by molar-refractivity contribution is 5.85. The zero-order valence-corrected chi connectivity index (χ0v) is 11.4. The third-order valence-corrected chi connectivity index (χ3v) is 2.95. The first-order valence-corrected chi connectivity index (χ1v) is 5.76. The molecule has 0 spiro atoms. The van der Waals surface area contributed by atoms with Crippen LogP contribution in [0.15, 0.2) is 0 Å². The molecule has 0 saturated carbocycles. The quantitative estimate of drug-likeness (QED) is 0.651. The summed E-state index contributed by atoms with van der Waals surface area (Å²) in [6.45, 7) is 5.12. The molecule has 0 bridgehead atoms. The van der Waals surface area contributed by atoms with E-state index >= 15 is 0 Å². The van der Waals surface area contributed by atoms with Crippen LogP contribution in [0, 0.1) is 5.92 Å². The van der Waals surface area contributed by atoms with E-state index in [1.807, 2.05) is 0 Å². The molecular formula is C11H23ClN2O3. The maximum Gasteiger partial charge on any atom is 0.237 e. The van der Waals surface area contributed by atoms with E-state index in [0.29, 0.717) is 25.4 Å². The van der Waals surface area contributed by atoms with Gasteiger partial charge in [0.25, 0.3) is 0 Å². The minimum absolute atomic E-state index is 0. The van der Waals surface area contributed by atoms with E-state index < -0.39 is 6.10 Å². The van der Waals surface area contributed by atoms with Gasteiger partial charge >= 0.3 is 0 Å². The Hall–Kier alpha value is -0.360. The van der Waals surface area contributed by atoms with Crippen LogP contribution in [0.3, 0.4) is 0 Å². The summed E-state index contributed by atoms with van der Waals surface area (Å²) in [5, 5.41) is 15.1. The maximum atomic E-state index is 11.7. The lowest BCUT2D eigenvalue weighted by Crippen LogP contribution is -2.44. The van der Waals surface area contributed by atoms with Crippen LogP contribution >= 0.6 is 12.4 Å². The zero-order valence-electron chi connectivity index (χ0n) is 10.6. The predicted molar refractivity (Wildman–Crippen MR) is 68.3 cm³/mol. The summed E-state index contributed by atoms with van der Waals surface area (Å²) >= 11 is 0. The van der Waals surface area contributed by atoms with Gasteiger partial charge in [-0.05, 0) is 12.3 Å². The van der Waals surface area contributed by atoms with Gasteiger partial charge in [-0.15, -0.1) is 12.4 Å². The highest BCUT2D eigenvalue weighted by Crippen LogP contribution is 2.07. The summed E-state index contributed by atoms with van der Waals surface area (Å²) in [4.78, 5) is 11.7. The van der Waals surface area contributed by atoms with E-state index in [1.54, 1.807) is 7.11 Å². The van der Waals surface area contributed by atoms with E-state index in [1.165, 1.54) is 0 Å². The number of carbonyl (C=O) groups is 1. The van der Waals surface area contributed by atoms with Gasteiger partial charge in [0.2, 0.25) is 5.91 Å². The molecule has 1 aliphatic heterocycles. The van der Waals surface area contributed by atoms with Crippen LogP contribution in [0.25, 0.3) is 0 Å². The minimum atomic E-state index is -0.404. The van der Waals surface area contributed by atoms with Crippen molar-refractivity contribution in [1.29, 1.82) is 0 Å². The molecule has 1 saturated heterocycles. The third-order valence-electron chi connectivity index (χ3n) is 2.95. The van der Waals surface area contributed by atoms with Crippen molar-refractivity contribution >= 4 is 18.3 Å². The molecule has 1 rings (SSSR count). The molecule has 3 unspecified atom stereocenters. The third kappa shape index (κ3) is 5.21. The standard InChI is InChI=1S/C11H22N2O3.ClH/c1-7(2)10(16-3)6-13-11(15)9-4-8(14)5-12-9;/h7-10,12,14H,4-6H2,1-3H3,(H,13,15);1H. The molecule has 6 heteroatoms. The number of rotatable bonds is 5. The van der Waals surface area contributed by atoms with Gasteiger partial charge in [-0.1, -0.05) is 13.8 Å². The number of halogens is 1. The lowest BCUT2D eigenvalue weighted by molar-refractivity contribution is -0.123. The van der Waals surface area contributed by atoms with Crippen molar-refractivity contribution in [2.75, 3.05) is 20.2 Å². The molecule has 3 N–H and O–H groups in total. The SMILES string of the molecule is COC(CNC(=O)C1CC(O)CN1)C(C)C.Cl. The van der Waals surface area contributed by atoms with Crippen LogP contribution in [0.4, 0.5) is 0 Å². The van der Waals surface area contributed by atoms with Crippen LogP contribution < -0.4 is 10.6 Å². The molecule has 102 valence electrons. The number of aliphatic hydroxyl groups is 1. The number of aliphatic hydroxyl groups excluding tert-OH is 1. The molecule has 1 aliphatic rings. The zero-order chi connectivity index (χ0) is 12.1. The van der Waals surface area contributed by atoms with Crippen molar-refractivity contribution in [3.8, 4) is 0 Å². The Kier molecular flexibility index (Phi) is 7.70. The Morgan fingerprint density at radius 3 is 2.65 bits per heavy atom. The lowest BCUT2D eigenvalue weighted by atomic mass is 10.1. The molecule has 17 heavy (non-hydrogen) atoms. The summed E-state index contributed by atoms with van der Waals surface area (Å²) in [6, 6.07) is -0.264. The van der Waals surface area contributed by atoms with Crippen molar-refractivity contribution in [3.63, 3.8) is 0 Å². The highest BCUT2D eigenvalue weighted by atomic mass is 35.5. The first kappa shape index (κ1) is 16.6. The molecule has 5 nitrogen and oxygen atoms in total. The predicted octanol–water partition coefficient (Wildman–Crippen LogP) is -0.0818. The van der Waals surface area contributed by atoms with E-state index in [4.69, 9.17) is 4.74 Å². The number of hydrogen-bond donors (Lipinski definition) is 3. The normalized spacial score (nSPS) is 25.5. The van der Waals surface area contributed by atoms with Crippen LogP contribution in [-0.2, 0) is 9.53 Å². The highest BCUT2D eigenvalue weighted by Gasteiger charge is 2.28. The molecule has 1 fully saturated rings. The molecule has 1 amide bonds. The number of amides is 1. The Bertz CT molecular complexity index is 239. The van der Waals surface area contributed by atoms with Gasteiger partial charge in [-0.3, -0.25) is 4.79 Å². The second-order valence-corrected chi connectivity index (χ2v) is 4.61. The minimum Gasteiger partial charge on any atom is -0.392 e. The second-order valence-electron chi connectivity index (χ2n) is 4.61. The smallest absolute Gasteiger partial charge is 0.237 e. The van der Waals surface area contributed by atoms with E-state index in [0.717, 1.165) is 0 Å². The number of methoxy groups -OCH3 is 1. The lowest BCUT2D eigenvalue weighted by Gasteiger charge is -2.20. The molecule has 1 heterocycles. The number of nitrogens with one attached hydrogen (secondary N) is 2. The summed E-state index contributed by atoms with van der Waals surface area (Å²) in [5.41, 5.74) is 0. The fourth-order valence-corrected chi connectivity index (χ4v) is 1.83. The number of β-amino-alcohol motifs (C(OH)–C–C–N with tert-alkyl or cyclic N) is 1. The monoisotopic (exact) mass is 266 g/mol. The molecule has 3 atom stereocenters. The summed E-state index contributed by atoms with van der Waals surface area (Å²) in [7, 11) is 1.65. The molecule has 0 aliphatic carbocycles.